The maximum absolute atomic E-state index is 12.2. The Morgan fingerprint density at radius 1 is 1.29 bits per heavy atom. The zero-order chi connectivity index (χ0) is 17.1. The van der Waals surface area contributed by atoms with Crippen LogP contribution >= 0.6 is 11.3 Å². The van der Waals surface area contributed by atoms with E-state index >= 15 is 0 Å². The van der Waals surface area contributed by atoms with Gasteiger partial charge in [0.15, 0.2) is 5.13 Å². The highest BCUT2D eigenvalue weighted by Gasteiger charge is 2.19. The van der Waals surface area contributed by atoms with Crippen molar-refractivity contribution in [1.82, 2.24) is 14.8 Å². The Labute approximate surface area is 147 Å². The van der Waals surface area contributed by atoms with Gasteiger partial charge in [0.05, 0.1) is 10.2 Å². The van der Waals surface area contributed by atoms with Crippen molar-refractivity contribution >= 4 is 32.6 Å². The van der Waals surface area contributed by atoms with E-state index in [2.05, 4.69) is 33.9 Å². The molecule has 2 aromatic rings. The molecule has 0 unspecified atom stereocenters. The summed E-state index contributed by atoms with van der Waals surface area (Å²) in [4.78, 5) is 21.6. The molecule has 1 aromatic heterocycles. The molecule has 0 radical (unpaired) electrons. The quantitative estimate of drug-likeness (QED) is 0.904. The van der Waals surface area contributed by atoms with Gasteiger partial charge < -0.3 is 10.2 Å². The highest BCUT2D eigenvalue weighted by Crippen LogP contribution is 2.27. The second-order valence-corrected chi connectivity index (χ2v) is 7.74. The SMILES string of the molecule is Cc1cccc2sc(NC(=O)CCN3CCN(C(C)C)CC3)nc12. The van der Waals surface area contributed by atoms with E-state index in [0.717, 1.165) is 48.5 Å². The van der Waals surface area contributed by atoms with Crippen molar-refractivity contribution in [3.63, 3.8) is 0 Å². The molecule has 0 bridgehead atoms. The molecule has 24 heavy (non-hydrogen) atoms. The molecule has 6 heteroatoms. The highest BCUT2D eigenvalue weighted by atomic mass is 32.1. The van der Waals surface area contributed by atoms with Crippen molar-refractivity contribution < 1.29 is 4.79 Å². The smallest absolute Gasteiger partial charge is 0.227 e. The number of aromatic nitrogens is 1. The van der Waals surface area contributed by atoms with Crippen LogP contribution in [0.1, 0.15) is 25.8 Å². The lowest BCUT2D eigenvalue weighted by Crippen LogP contribution is -2.49. The number of rotatable bonds is 5. The molecule has 2 heterocycles. The van der Waals surface area contributed by atoms with Gasteiger partial charge in [0.25, 0.3) is 0 Å². The standard InChI is InChI=1S/C18H26N4OS/c1-13(2)22-11-9-21(10-12-22)8-7-16(23)19-18-20-17-14(3)5-4-6-15(17)24-18/h4-6,13H,7-12H2,1-3H3,(H,19,20,23). The number of para-hydroxylation sites is 1. The van der Waals surface area contributed by atoms with Gasteiger partial charge in [0, 0.05) is 45.2 Å². The van der Waals surface area contributed by atoms with Crippen LogP contribution in [0.4, 0.5) is 5.13 Å². The Morgan fingerprint density at radius 2 is 2.04 bits per heavy atom. The molecule has 5 nitrogen and oxygen atoms in total. The first-order valence-corrected chi connectivity index (χ1v) is 9.47. The van der Waals surface area contributed by atoms with E-state index in [0.29, 0.717) is 17.6 Å². The van der Waals surface area contributed by atoms with E-state index in [1.807, 2.05) is 25.1 Å². The summed E-state index contributed by atoms with van der Waals surface area (Å²) in [6, 6.07) is 6.73. The van der Waals surface area contributed by atoms with Crippen LogP contribution in [0.2, 0.25) is 0 Å². The van der Waals surface area contributed by atoms with Crippen molar-refractivity contribution in [1.29, 1.82) is 0 Å². The zero-order valence-electron chi connectivity index (χ0n) is 14.7. The minimum Gasteiger partial charge on any atom is -0.302 e. The maximum atomic E-state index is 12.2. The third-order valence-corrected chi connectivity index (χ3v) is 5.60. The molecule has 1 saturated heterocycles. The molecule has 1 aromatic carbocycles. The number of nitrogens with zero attached hydrogens (tertiary/aromatic N) is 3. The lowest BCUT2D eigenvalue weighted by Gasteiger charge is -2.36. The minimum absolute atomic E-state index is 0.0537. The number of nitrogens with one attached hydrogen (secondary N) is 1. The fourth-order valence-corrected chi connectivity index (χ4v) is 4.04. The largest absolute Gasteiger partial charge is 0.302 e. The molecule has 0 spiro atoms. The maximum Gasteiger partial charge on any atom is 0.227 e. The van der Waals surface area contributed by atoms with Gasteiger partial charge in [-0.25, -0.2) is 4.98 Å². The molecular weight excluding hydrogens is 320 g/mol. The van der Waals surface area contributed by atoms with Crippen molar-refractivity contribution in [2.24, 2.45) is 0 Å². The second kappa shape index (κ2) is 7.59. The highest BCUT2D eigenvalue weighted by molar-refractivity contribution is 7.22. The van der Waals surface area contributed by atoms with Gasteiger partial charge >= 0.3 is 0 Å². The predicted octanol–water partition coefficient (Wildman–Crippen LogP) is 2.96. The Morgan fingerprint density at radius 3 is 2.71 bits per heavy atom. The molecule has 1 fully saturated rings. The summed E-state index contributed by atoms with van der Waals surface area (Å²) in [7, 11) is 0. The van der Waals surface area contributed by atoms with Crippen molar-refractivity contribution in [3.8, 4) is 0 Å². The summed E-state index contributed by atoms with van der Waals surface area (Å²) in [5, 5.41) is 3.66. The molecule has 1 aliphatic rings. The van der Waals surface area contributed by atoms with Crippen LogP contribution in [0, 0.1) is 6.92 Å². The summed E-state index contributed by atoms with van der Waals surface area (Å²) in [5.74, 6) is 0.0537. The zero-order valence-corrected chi connectivity index (χ0v) is 15.5. The first-order chi connectivity index (χ1) is 11.5. The minimum atomic E-state index is 0.0537. The monoisotopic (exact) mass is 346 g/mol. The number of benzene rings is 1. The number of hydrogen-bond acceptors (Lipinski definition) is 5. The number of anilines is 1. The Kier molecular flexibility index (Phi) is 5.48. The van der Waals surface area contributed by atoms with Gasteiger partial charge in [-0.05, 0) is 32.4 Å². The third kappa shape index (κ3) is 4.12. The summed E-state index contributed by atoms with van der Waals surface area (Å²) < 4.78 is 1.12. The average molecular weight is 347 g/mol. The normalized spacial score (nSPS) is 16.8. The average Bonchev–Trinajstić information content (AvgIpc) is 2.97. The molecule has 0 aliphatic carbocycles. The van der Waals surface area contributed by atoms with Gasteiger partial charge in [-0.3, -0.25) is 9.69 Å². The Balaban J connectivity index is 1.48. The number of fused-ring (bicyclic) bond motifs is 1. The summed E-state index contributed by atoms with van der Waals surface area (Å²) >= 11 is 1.54. The van der Waals surface area contributed by atoms with Crippen molar-refractivity contribution in [2.45, 2.75) is 33.2 Å². The summed E-state index contributed by atoms with van der Waals surface area (Å²) in [6.45, 7) is 11.6. The third-order valence-electron chi connectivity index (χ3n) is 4.66. The van der Waals surface area contributed by atoms with E-state index in [9.17, 15) is 4.79 Å². The van der Waals surface area contributed by atoms with Crippen LogP contribution < -0.4 is 5.32 Å². The summed E-state index contributed by atoms with van der Waals surface area (Å²) in [6.07, 6.45) is 0.524. The fourth-order valence-electron chi connectivity index (χ4n) is 3.08. The lowest BCUT2D eigenvalue weighted by molar-refractivity contribution is -0.116. The Hall–Kier alpha value is -1.50. The van der Waals surface area contributed by atoms with Gasteiger partial charge in [-0.2, -0.15) is 0 Å². The van der Waals surface area contributed by atoms with E-state index in [1.165, 1.54) is 0 Å². The van der Waals surface area contributed by atoms with Crippen LogP contribution in [0.5, 0.6) is 0 Å². The fraction of sp³-hybridized carbons (Fsp3) is 0.556. The molecular formula is C18H26N4OS. The molecule has 0 saturated carbocycles. The van der Waals surface area contributed by atoms with E-state index in [-0.39, 0.29) is 5.91 Å². The molecule has 3 rings (SSSR count). The van der Waals surface area contributed by atoms with Crippen LogP contribution in [-0.2, 0) is 4.79 Å². The number of hydrogen-bond donors (Lipinski definition) is 1. The number of thiazole rings is 1. The van der Waals surface area contributed by atoms with Gasteiger partial charge in [-0.1, -0.05) is 23.5 Å². The number of carbonyl (C=O) groups is 1. The van der Waals surface area contributed by atoms with Crippen LogP contribution in [-0.4, -0.2) is 59.5 Å². The van der Waals surface area contributed by atoms with E-state index < -0.39 is 0 Å². The van der Waals surface area contributed by atoms with Gasteiger partial charge in [0.2, 0.25) is 5.91 Å². The van der Waals surface area contributed by atoms with E-state index in [4.69, 9.17) is 0 Å². The molecule has 0 atom stereocenters. The van der Waals surface area contributed by atoms with Crippen molar-refractivity contribution in [3.05, 3.63) is 23.8 Å². The van der Waals surface area contributed by atoms with Crippen LogP contribution in [0.3, 0.4) is 0 Å². The number of carbonyl (C=O) groups excluding carboxylic acids is 1. The lowest BCUT2D eigenvalue weighted by atomic mass is 10.2. The van der Waals surface area contributed by atoms with Gasteiger partial charge in [0.1, 0.15) is 0 Å². The van der Waals surface area contributed by atoms with E-state index in [1.54, 1.807) is 11.3 Å². The van der Waals surface area contributed by atoms with Crippen molar-refractivity contribution in [2.75, 3.05) is 38.0 Å². The second-order valence-electron chi connectivity index (χ2n) is 6.71. The Bertz CT molecular complexity index is 704. The van der Waals surface area contributed by atoms with Crippen LogP contribution in [0.25, 0.3) is 10.2 Å². The topological polar surface area (TPSA) is 48.5 Å². The first kappa shape index (κ1) is 17.3. The van der Waals surface area contributed by atoms with Crippen LogP contribution in [0.15, 0.2) is 18.2 Å². The van der Waals surface area contributed by atoms with Gasteiger partial charge in [-0.15, -0.1) is 0 Å². The molecule has 1 amide bonds. The number of amides is 1. The first-order valence-electron chi connectivity index (χ1n) is 8.65. The molecule has 1 aliphatic heterocycles. The molecule has 1 N–H and O–H groups in total. The molecule has 130 valence electrons. The predicted molar refractivity (Wildman–Crippen MR) is 101 cm³/mol. The number of piperazine rings is 1. The number of aryl methyl sites for hydroxylation is 1. The summed E-state index contributed by atoms with van der Waals surface area (Å²) in [5.41, 5.74) is 2.13.